The highest BCUT2D eigenvalue weighted by Crippen LogP contribution is 2.15. The molecule has 0 spiro atoms. The van der Waals surface area contributed by atoms with E-state index in [2.05, 4.69) is 0 Å². The SMILES string of the molecule is CC(C)C(O)/C=C/c1ccccc1S(=O)[O-]. The van der Waals surface area contributed by atoms with Gasteiger partial charge in [-0.2, -0.15) is 0 Å². The first kappa shape index (κ1) is 13.1. The molecule has 4 heteroatoms. The van der Waals surface area contributed by atoms with Crippen molar-refractivity contribution in [1.29, 1.82) is 0 Å². The van der Waals surface area contributed by atoms with E-state index in [9.17, 15) is 13.9 Å². The molecule has 0 aliphatic carbocycles. The summed E-state index contributed by atoms with van der Waals surface area (Å²) in [6.45, 7) is 3.79. The summed E-state index contributed by atoms with van der Waals surface area (Å²) in [5, 5.41) is 9.58. The molecule has 0 saturated heterocycles. The molecular weight excluding hydrogens is 224 g/mol. The monoisotopic (exact) mass is 239 g/mol. The molecule has 0 aliphatic heterocycles. The van der Waals surface area contributed by atoms with Crippen LogP contribution in [0.25, 0.3) is 6.08 Å². The van der Waals surface area contributed by atoms with E-state index in [4.69, 9.17) is 0 Å². The van der Waals surface area contributed by atoms with Gasteiger partial charge in [-0.3, -0.25) is 4.21 Å². The minimum Gasteiger partial charge on any atom is -0.768 e. The second-order valence-corrected chi connectivity index (χ2v) is 4.78. The topological polar surface area (TPSA) is 60.4 Å². The van der Waals surface area contributed by atoms with E-state index in [-0.39, 0.29) is 10.8 Å². The fourth-order valence-electron chi connectivity index (χ4n) is 1.19. The number of aliphatic hydroxyl groups is 1. The lowest BCUT2D eigenvalue weighted by Crippen LogP contribution is -2.10. The summed E-state index contributed by atoms with van der Waals surface area (Å²) in [5.74, 6) is 0.112. The van der Waals surface area contributed by atoms with Gasteiger partial charge in [0.05, 0.1) is 6.10 Å². The van der Waals surface area contributed by atoms with Crippen molar-refractivity contribution in [2.75, 3.05) is 0 Å². The maximum atomic E-state index is 10.9. The summed E-state index contributed by atoms with van der Waals surface area (Å²) in [6.07, 6.45) is 2.68. The summed E-state index contributed by atoms with van der Waals surface area (Å²) in [7, 11) is 0. The van der Waals surface area contributed by atoms with Crippen LogP contribution >= 0.6 is 0 Å². The number of benzene rings is 1. The molecule has 0 heterocycles. The third kappa shape index (κ3) is 3.56. The van der Waals surface area contributed by atoms with Crippen molar-refractivity contribution in [2.45, 2.75) is 24.8 Å². The van der Waals surface area contributed by atoms with Crippen LogP contribution in [0.4, 0.5) is 0 Å². The molecule has 0 aromatic heterocycles. The molecule has 1 aromatic rings. The van der Waals surface area contributed by atoms with Gasteiger partial charge in [0, 0.05) is 4.90 Å². The van der Waals surface area contributed by atoms with Gasteiger partial charge in [-0.1, -0.05) is 44.2 Å². The van der Waals surface area contributed by atoms with Gasteiger partial charge in [0.2, 0.25) is 0 Å². The molecule has 1 rings (SSSR count). The second-order valence-electron chi connectivity index (χ2n) is 3.87. The van der Waals surface area contributed by atoms with Gasteiger partial charge in [-0.05, 0) is 28.6 Å². The maximum absolute atomic E-state index is 10.9. The zero-order chi connectivity index (χ0) is 12.1. The Hall–Kier alpha value is -0.970. The molecule has 16 heavy (non-hydrogen) atoms. The average molecular weight is 239 g/mol. The first-order valence-corrected chi connectivity index (χ1v) is 6.14. The molecule has 1 N–H and O–H groups in total. The van der Waals surface area contributed by atoms with Crippen molar-refractivity contribution in [1.82, 2.24) is 0 Å². The highest BCUT2D eigenvalue weighted by Gasteiger charge is 2.04. The van der Waals surface area contributed by atoms with Crippen molar-refractivity contribution < 1.29 is 13.9 Å². The normalized spacial score (nSPS) is 15.6. The molecule has 0 amide bonds. The standard InChI is InChI=1S/C12H16O3S/c1-9(2)11(13)8-7-10-5-3-4-6-12(10)16(14)15/h3-9,11,13H,1-2H3,(H,14,15)/p-1/b8-7+. The molecule has 88 valence electrons. The van der Waals surface area contributed by atoms with Crippen LogP contribution in [-0.4, -0.2) is 20.0 Å². The highest BCUT2D eigenvalue weighted by atomic mass is 32.2. The highest BCUT2D eigenvalue weighted by molar-refractivity contribution is 7.79. The van der Waals surface area contributed by atoms with E-state index >= 15 is 0 Å². The van der Waals surface area contributed by atoms with E-state index in [0.29, 0.717) is 5.56 Å². The lowest BCUT2D eigenvalue weighted by atomic mass is 10.1. The molecule has 0 bridgehead atoms. The first-order chi connectivity index (χ1) is 7.52. The molecule has 0 aliphatic rings. The van der Waals surface area contributed by atoms with Crippen molar-refractivity contribution in [3.05, 3.63) is 35.9 Å². The van der Waals surface area contributed by atoms with E-state index < -0.39 is 17.2 Å². The van der Waals surface area contributed by atoms with Crippen LogP contribution in [0.3, 0.4) is 0 Å². The van der Waals surface area contributed by atoms with Crippen molar-refractivity contribution in [2.24, 2.45) is 5.92 Å². The molecule has 1 aromatic carbocycles. The molecule has 2 atom stereocenters. The summed E-state index contributed by atoms with van der Waals surface area (Å²) in [5.41, 5.74) is 0.593. The minimum atomic E-state index is -2.25. The van der Waals surface area contributed by atoms with E-state index in [0.717, 1.165) is 0 Å². The van der Waals surface area contributed by atoms with Crippen LogP contribution in [0.5, 0.6) is 0 Å². The molecule has 0 fully saturated rings. The zero-order valence-corrected chi connectivity index (χ0v) is 10.1. The zero-order valence-electron chi connectivity index (χ0n) is 9.29. The van der Waals surface area contributed by atoms with Crippen LogP contribution in [0.1, 0.15) is 19.4 Å². The van der Waals surface area contributed by atoms with Crippen LogP contribution in [-0.2, 0) is 11.1 Å². The Bertz CT molecular complexity index is 399. The van der Waals surface area contributed by atoms with Crippen molar-refractivity contribution >= 4 is 17.2 Å². The van der Waals surface area contributed by atoms with Gasteiger partial charge in [0.25, 0.3) is 0 Å². The maximum Gasteiger partial charge on any atom is 0.0747 e. The third-order valence-corrected chi connectivity index (χ3v) is 2.99. The van der Waals surface area contributed by atoms with Crippen LogP contribution in [0.2, 0.25) is 0 Å². The quantitative estimate of drug-likeness (QED) is 0.817. The predicted molar refractivity (Wildman–Crippen MR) is 63.5 cm³/mol. The van der Waals surface area contributed by atoms with Gasteiger partial charge in [0.1, 0.15) is 0 Å². The Morgan fingerprint density at radius 2 is 2.00 bits per heavy atom. The number of hydrogen-bond donors (Lipinski definition) is 1. The van der Waals surface area contributed by atoms with Crippen molar-refractivity contribution in [3.63, 3.8) is 0 Å². The Labute approximate surface area is 98.1 Å². The van der Waals surface area contributed by atoms with Gasteiger partial charge in [-0.25, -0.2) is 0 Å². The smallest absolute Gasteiger partial charge is 0.0747 e. The minimum absolute atomic E-state index is 0.112. The van der Waals surface area contributed by atoms with Gasteiger partial charge in [-0.15, -0.1) is 0 Å². The Morgan fingerprint density at radius 3 is 2.56 bits per heavy atom. The van der Waals surface area contributed by atoms with Gasteiger partial charge in [0.15, 0.2) is 0 Å². The summed E-state index contributed by atoms with van der Waals surface area (Å²) >= 11 is -2.25. The Balaban J connectivity index is 2.93. The average Bonchev–Trinajstić information content (AvgIpc) is 2.25. The number of rotatable bonds is 4. The van der Waals surface area contributed by atoms with E-state index in [1.807, 2.05) is 13.8 Å². The van der Waals surface area contributed by atoms with Crippen LogP contribution in [0, 0.1) is 5.92 Å². The molecule has 0 radical (unpaired) electrons. The lowest BCUT2D eigenvalue weighted by molar-refractivity contribution is 0.173. The number of hydrogen-bond acceptors (Lipinski definition) is 3. The largest absolute Gasteiger partial charge is 0.768 e. The van der Waals surface area contributed by atoms with Gasteiger partial charge >= 0.3 is 0 Å². The molecule has 0 saturated carbocycles. The summed E-state index contributed by atoms with van der Waals surface area (Å²) in [4.78, 5) is 0.245. The van der Waals surface area contributed by atoms with Crippen LogP contribution < -0.4 is 0 Å². The third-order valence-electron chi connectivity index (χ3n) is 2.25. The molecular formula is C12H15O3S-. The second kappa shape index (κ2) is 5.94. The summed E-state index contributed by atoms with van der Waals surface area (Å²) < 4.78 is 21.8. The Morgan fingerprint density at radius 1 is 1.38 bits per heavy atom. The first-order valence-electron chi connectivity index (χ1n) is 5.07. The predicted octanol–water partition coefficient (Wildman–Crippen LogP) is 1.95. The van der Waals surface area contributed by atoms with Gasteiger partial charge < -0.3 is 9.66 Å². The molecule has 2 unspecified atom stereocenters. The molecule has 3 nitrogen and oxygen atoms in total. The fraction of sp³-hybridized carbons (Fsp3) is 0.333. The van der Waals surface area contributed by atoms with Crippen LogP contribution in [0.15, 0.2) is 35.2 Å². The fourth-order valence-corrected chi connectivity index (χ4v) is 1.71. The number of aliphatic hydroxyl groups excluding tert-OH is 1. The lowest BCUT2D eigenvalue weighted by Gasteiger charge is -2.11. The van der Waals surface area contributed by atoms with E-state index in [1.54, 1.807) is 30.4 Å². The van der Waals surface area contributed by atoms with E-state index in [1.165, 1.54) is 6.07 Å². The summed E-state index contributed by atoms with van der Waals surface area (Å²) in [6, 6.07) is 6.67. The van der Waals surface area contributed by atoms with Crippen molar-refractivity contribution in [3.8, 4) is 0 Å². The Kier molecular flexibility index (Phi) is 4.86.